The van der Waals surface area contributed by atoms with Gasteiger partial charge in [0.2, 0.25) is 0 Å². The highest BCUT2D eigenvalue weighted by Gasteiger charge is 2.17. The number of thiazole rings is 1. The number of hydrogen-bond acceptors (Lipinski definition) is 4. The molecule has 5 heteroatoms. The first-order chi connectivity index (χ1) is 10.6. The summed E-state index contributed by atoms with van der Waals surface area (Å²) in [6.07, 6.45) is 4.58. The molecular formula is C17H20N2OS2. The molecule has 3 nitrogen and oxygen atoms in total. The predicted octanol–water partition coefficient (Wildman–Crippen LogP) is 4.77. The molecule has 1 N–H and O–H groups in total. The van der Waals surface area contributed by atoms with Crippen LogP contribution in [0.15, 0.2) is 29.2 Å². The number of carbonyl (C=O) groups excluding carboxylic acids is 1. The lowest BCUT2D eigenvalue weighted by Crippen LogP contribution is -2.11. The maximum absolute atomic E-state index is 12.4. The highest BCUT2D eigenvalue weighted by molar-refractivity contribution is 7.99. The first kappa shape index (κ1) is 15.6. The minimum absolute atomic E-state index is 0.0719. The number of rotatable bonds is 4. The summed E-state index contributed by atoms with van der Waals surface area (Å²) in [4.78, 5) is 19.4. The van der Waals surface area contributed by atoms with Crippen LogP contribution in [0.5, 0.6) is 0 Å². The third-order valence-corrected chi connectivity index (χ3v) is 5.60. The monoisotopic (exact) mass is 332 g/mol. The van der Waals surface area contributed by atoms with Gasteiger partial charge in [0.25, 0.3) is 5.91 Å². The summed E-state index contributed by atoms with van der Waals surface area (Å²) >= 11 is 3.39. The molecule has 0 atom stereocenters. The molecule has 0 radical (unpaired) electrons. The molecule has 0 unspecified atom stereocenters. The van der Waals surface area contributed by atoms with Crippen molar-refractivity contribution < 1.29 is 4.79 Å². The molecule has 0 saturated carbocycles. The van der Waals surface area contributed by atoms with Crippen molar-refractivity contribution in [2.75, 3.05) is 5.32 Å². The Labute approximate surface area is 139 Å². The van der Waals surface area contributed by atoms with Gasteiger partial charge in [0, 0.05) is 20.6 Å². The van der Waals surface area contributed by atoms with Crippen molar-refractivity contribution in [3.05, 3.63) is 40.4 Å². The Bertz CT molecular complexity index is 656. The first-order valence-electron chi connectivity index (χ1n) is 7.68. The molecule has 0 spiro atoms. The van der Waals surface area contributed by atoms with Crippen LogP contribution in [0.25, 0.3) is 0 Å². The molecular weight excluding hydrogens is 312 g/mol. The van der Waals surface area contributed by atoms with Crippen molar-refractivity contribution >= 4 is 34.1 Å². The van der Waals surface area contributed by atoms with Gasteiger partial charge in [-0.25, -0.2) is 4.98 Å². The van der Waals surface area contributed by atoms with Crippen molar-refractivity contribution in [1.29, 1.82) is 0 Å². The minimum atomic E-state index is -0.0719. The van der Waals surface area contributed by atoms with Crippen LogP contribution >= 0.6 is 23.1 Å². The number of thioether (sulfide) groups is 1. The second kappa shape index (κ2) is 6.84. The summed E-state index contributed by atoms with van der Waals surface area (Å²) in [6.45, 7) is 4.30. The van der Waals surface area contributed by atoms with Crippen LogP contribution in [0.4, 0.5) is 5.13 Å². The van der Waals surface area contributed by atoms with E-state index in [0.29, 0.717) is 10.8 Å². The van der Waals surface area contributed by atoms with Crippen LogP contribution in [0, 0.1) is 0 Å². The number of aromatic nitrogens is 1. The number of amides is 1. The second-order valence-electron chi connectivity index (χ2n) is 5.74. The molecule has 1 aromatic carbocycles. The third kappa shape index (κ3) is 3.70. The molecule has 0 fully saturated rings. The number of hydrogen-bond donors (Lipinski definition) is 1. The molecule has 116 valence electrons. The van der Waals surface area contributed by atoms with Gasteiger partial charge in [0.05, 0.1) is 5.69 Å². The molecule has 1 aromatic heterocycles. The predicted molar refractivity (Wildman–Crippen MR) is 94.1 cm³/mol. The molecule has 3 rings (SSSR count). The molecule has 0 bridgehead atoms. The largest absolute Gasteiger partial charge is 0.298 e. The van der Waals surface area contributed by atoms with Gasteiger partial charge >= 0.3 is 0 Å². The molecule has 2 aromatic rings. The van der Waals surface area contributed by atoms with Gasteiger partial charge in [-0.3, -0.25) is 10.1 Å². The number of nitrogens with zero attached hydrogens (tertiary/aromatic N) is 1. The Balaban J connectivity index is 1.72. The van der Waals surface area contributed by atoms with E-state index in [0.717, 1.165) is 22.9 Å². The van der Waals surface area contributed by atoms with E-state index < -0.39 is 0 Å². The molecule has 1 heterocycles. The quantitative estimate of drug-likeness (QED) is 0.820. The molecule has 0 saturated heterocycles. The normalized spacial score (nSPS) is 14.0. The van der Waals surface area contributed by atoms with Gasteiger partial charge < -0.3 is 0 Å². The van der Waals surface area contributed by atoms with E-state index in [1.54, 1.807) is 23.1 Å². The van der Waals surface area contributed by atoms with E-state index in [1.807, 2.05) is 24.3 Å². The second-order valence-corrected chi connectivity index (χ2v) is 8.48. The van der Waals surface area contributed by atoms with Gasteiger partial charge in [-0.15, -0.1) is 23.1 Å². The number of anilines is 1. The van der Waals surface area contributed by atoms with Crippen LogP contribution in [0.2, 0.25) is 0 Å². The summed E-state index contributed by atoms with van der Waals surface area (Å²) in [5.41, 5.74) is 1.87. The average molecular weight is 332 g/mol. The van der Waals surface area contributed by atoms with E-state index in [2.05, 4.69) is 24.1 Å². The fourth-order valence-electron chi connectivity index (χ4n) is 2.56. The summed E-state index contributed by atoms with van der Waals surface area (Å²) in [5, 5.41) is 4.19. The smallest absolute Gasteiger partial charge is 0.257 e. The zero-order chi connectivity index (χ0) is 15.5. The van der Waals surface area contributed by atoms with E-state index >= 15 is 0 Å². The van der Waals surface area contributed by atoms with Crippen molar-refractivity contribution in [2.24, 2.45) is 0 Å². The highest BCUT2D eigenvalue weighted by Crippen LogP contribution is 2.30. The lowest BCUT2D eigenvalue weighted by Gasteiger charge is -2.07. The van der Waals surface area contributed by atoms with E-state index in [1.165, 1.54) is 23.4 Å². The number of benzene rings is 1. The number of aryl methyl sites for hydroxylation is 2. The number of fused-ring (bicyclic) bond motifs is 1. The summed E-state index contributed by atoms with van der Waals surface area (Å²) in [7, 11) is 0. The standard InChI is InChI=1S/C17H20N2OS2/c1-11(2)21-13-7-5-6-12(10-13)16(20)19-17-18-14-8-3-4-9-15(14)22-17/h5-7,10-11H,3-4,8-9H2,1-2H3,(H,18,19,20). The average Bonchev–Trinajstić information content (AvgIpc) is 2.89. The van der Waals surface area contributed by atoms with Crippen LogP contribution in [-0.4, -0.2) is 16.1 Å². The lowest BCUT2D eigenvalue weighted by atomic mass is 10.0. The maximum Gasteiger partial charge on any atom is 0.257 e. The van der Waals surface area contributed by atoms with Gasteiger partial charge in [0.15, 0.2) is 5.13 Å². The molecule has 1 aliphatic rings. The lowest BCUT2D eigenvalue weighted by molar-refractivity contribution is 0.102. The van der Waals surface area contributed by atoms with Crippen LogP contribution < -0.4 is 5.32 Å². The Hall–Kier alpha value is -1.33. The molecule has 1 aliphatic carbocycles. The zero-order valence-corrected chi connectivity index (χ0v) is 14.5. The minimum Gasteiger partial charge on any atom is -0.298 e. The van der Waals surface area contributed by atoms with Gasteiger partial charge in [-0.1, -0.05) is 19.9 Å². The van der Waals surface area contributed by atoms with Crippen molar-refractivity contribution in [3.63, 3.8) is 0 Å². The first-order valence-corrected chi connectivity index (χ1v) is 9.38. The topological polar surface area (TPSA) is 42.0 Å². The van der Waals surface area contributed by atoms with E-state index in [4.69, 9.17) is 0 Å². The van der Waals surface area contributed by atoms with Crippen LogP contribution in [-0.2, 0) is 12.8 Å². The number of carbonyl (C=O) groups is 1. The van der Waals surface area contributed by atoms with Crippen LogP contribution in [0.1, 0.15) is 47.6 Å². The fraction of sp³-hybridized carbons (Fsp3) is 0.412. The van der Waals surface area contributed by atoms with Crippen molar-refractivity contribution in [1.82, 2.24) is 4.98 Å². The van der Waals surface area contributed by atoms with Crippen LogP contribution in [0.3, 0.4) is 0 Å². The Morgan fingerprint density at radius 3 is 2.91 bits per heavy atom. The SMILES string of the molecule is CC(C)Sc1cccc(C(=O)Nc2nc3c(s2)CCCC3)c1. The Morgan fingerprint density at radius 2 is 2.14 bits per heavy atom. The third-order valence-electron chi connectivity index (χ3n) is 3.53. The molecule has 1 amide bonds. The Kier molecular flexibility index (Phi) is 4.84. The summed E-state index contributed by atoms with van der Waals surface area (Å²) < 4.78 is 0. The number of nitrogens with one attached hydrogen (secondary N) is 1. The maximum atomic E-state index is 12.4. The molecule has 0 aliphatic heterocycles. The Morgan fingerprint density at radius 1 is 1.32 bits per heavy atom. The molecule has 22 heavy (non-hydrogen) atoms. The zero-order valence-electron chi connectivity index (χ0n) is 12.9. The van der Waals surface area contributed by atoms with Crippen molar-refractivity contribution in [2.45, 2.75) is 49.7 Å². The fourth-order valence-corrected chi connectivity index (χ4v) is 4.50. The van der Waals surface area contributed by atoms with E-state index in [9.17, 15) is 4.79 Å². The summed E-state index contributed by atoms with van der Waals surface area (Å²) in [6, 6.07) is 7.79. The van der Waals surface area contributed by atoms with Gasteiger partial charge in [-0.2, -0.15) is 0 Å². The highest BCUT2D eigenvalue weighted by atomic mass is 32.2. The van der Waals surface area contributed by atoms with Gasteiger partial charge in [-0.05, 0) is 43.9 Å². The summed E-state index contributed by atoms with van der Waals surface area (Å²) in [5.74, 6) is -0.0719. The van der Waals surface area contributed by atoms with Gasteiger partial charge in [0.1, 0.15) is 0 Å². The van der Waals surface area contributed by atoms with E-state index in [-0.39, 0.29) is 5.91 Å². The van der Waals surface area contributed by atoms with Crippen molar-refractivity contribution in [3.8, 4) is 0 Å².